The van der Waals surface area contributed by atoms with Crippen LogP contribution in [0.15, 0.2) is 18.5 Å². The van der Waals surface area contributed by atoms with Gasteiger partial charge in [0.15, 0.2) is 0 Å². The number of aryl methyl sites for hydroxylation is 1. The molecule has 0 bridgehead atoms. The van der Waals surface area contributed by atoms with Crippen LogP contribution in [0.5, 0.6) is 0 Å². The van der Waals surface area contributed by atoms with Crippen molar-refractivity contribution in [3.63, 3.8) is 0 Å². The summed E-state index contributed by atoms with van der Waals surface area (Å²) in [4.78, 5) is 4.10. The summed E-state index contributed by atoms with van der Waals surface area (Å²) in [5.41, 5.74) is 2.44. The standard InChI is InChI=1S/C12H20N2/c1-3-4-5-6-8-14-12-10-13-9-7-11(12)2/h7,9-10,14H,3-6,8H2,1-2H3. The predicted octanol–water partition coefficient (Wildman–Crippen LogP) is 3.38. The van der Waals surface area contributed by atoms with Crippen LogP contribution in [0.4, 0.5) is 5.69 Å². The van der Waals surface area contributed by atoms with Crippen molar-refractivity contribution in [3.05, 3.63) is 24.0 Å². The fraction of sp³-hybridized carbons (Fsp3) is 0.583. The van der Waals surface area contributed by atoms with Gasteiger partial charge in [-0.15, -0.1) is 0 Å². The number of unbranched alkanes of at least 4 members (excludes halogenated alkanes) is 3. The molecule has 14 heavy (non-hydrogen) atoms. The van der Waals surface area contributed by atoms with Gasteiger partial charge in [-0.25, -0.2) is 0 Å². The Morgan fingerprint density at radius 3 is 2.86 bits per heavy atom. The molecular formula is C12H20N2. The van der Waals surface area contributed by atoms with Gasteiger partial charge in [-0.2, -0.15) is 0 Å². The van der Waals surface area contributed by atoms with Gasteiger partial charge in [0, 0.05) is 12.7 Å². The highest BCUT2D eigenvalue weighted by Crippen LogP contribution is 2.11. The molecule has 0 saturated carbocycles. The summed E-state index contributed by atoms with van der Waals surface area (Å²) >= 11 is 0. The lowest BCUT2D eigenvalue weighted by Crippen LogP contribution is -2.03. The maximum absolute atomic E-state index is 4.10. The molecule has 78 valence electrons. The molecule has 0 aliphatic rings. The Morgan fingerprint density at radius 2 is 2.14 bits per heavy atom. The van der Waals surface area contributed by atoms with Gasteiger partial charge in [-0.05, 0) is 25.0 Å². The van der Waals surface area contributed by atoms with Gasteiger partial charge in [0.05, 0.1) is 11.9 Å². The van der Waals surface area contributed by atoms with Gasteiger partial charge in [-0.1, -0.05) is 26.2 Å². The van der Waals surface area contributed by atoms with E-state index in [2.05, 4.69) is 24.1 Å². The number of nitrogens with one attached hydrogen (secondary N) is 1. The minimum absolute atomic E-state index is 1.06. The zero-order valence-electron chi connectivity index (χ0n) is 9.21. The molecule has 0 atom stereocenters. The summed E-state index contributed by atoms with van der Waals surface area (Å²) in [6.45, 7) is 5.40. The number of nitrogens with zero attached hydrogens (tertiary/aromatic N) is 1. The van der Waals surface area contributed by atoms with Crippen LogP contribution in [0.2, 0.25) is 0 Å². The molecule has 1 rings (SSSR count). The van der Waals surface area contributed by atoms with Crippen LogP contribution < -0.4 is 5.32 Å². The summed E-state index contributed by atoms with van der Waals surface area (Å²) in [5.74, 6) is 0. The Hall–Kier alpha value is -1.05. The minimum atomic E-state index is 1.06. The maximum Gasteiger partial charge on any atom is 0.0556 e. The van der Waals surface area contributed by atoms with Crippen molar-refractivity contribution < 1.29 is 0 Å². The fourth-order valence-electron chi connectivity index (χ4n) is 1.42. The summed E-state index contributed by atoms with van der Waals surface area (Å²) in [5, 5.41) is 3.41. The average Bonchev–Trinajstić information content (AvgIpc) is 2.20. The van der Waals surface area contributed by atoms with E-state index in [1.165, 1.54) is 36.9 Å². The highest BCUT2D eigenvalue weighted by atomic mass is 14.9. The van der Waals surface area contributed by atoms with E-state index in [1.807, 2.05) is 18.5 Å². The molecule has 0 aliphatic heterocycles. The number of rotatable bonds is 6. The van der Waals surface area contributed by atoms with Gasteiger partial charge in [-0.3, -0.25) is 4.98 Å². The van der Waals surface area contributed by atoms with Crippen molar-refractivity contribution >= 4 is 5.69 Å². The molecule has 0 amide bonds. The second-order valence-corrected chi connectivity index (χ2v) is 3.68. The largest absolute Gasteiger partial charge is 0.384 e. The Bertz CT molecular complexity index is 258. The summed E-state index contributed by atoms with van der Waals surface area (Å²) < 4.78 is 0. The molecule has 0 radical (unpaired) electrons. The number of pyridine rings is 1. The van der Waals surface area contributed by atoms with E-state index in [0.717, 1.165) is 6.54 Å². The first-order valence-corrected chi connectivity index (χ1v) is 5.49. The van der Waals surface area contributed by atoms with Crippen molar-refractivity contribution in [1.29, 1.82) is 0 Å². The molecule has 0 aliphatic carbocycles. The topological polar surface area (TPSA) is 24.9 Å². The fourth-order valence-corrected chi connectivity index (χ4v) is 1.42. The molecule has 0 aromatic carbocycles. The Balaban J connectivity index is 2.21. The first-order valence-electron chi connectivity index (χ1n) is 5.49. The summed E-state index contributed by atoms with van der Waals surface area (Å²) in [7, 11) is 0. The number of hydrogen-bond acceptors (Lipinski definition) is 2. The normalized spacial score (nSPS) is 10.1. The molecule has 0 fully saturated rings. The van der Waals surface area contributed by atoms with E-state index in [4.69, 9.17) is 0 Å². The lowest BCUT2D eigenvalue weighted by Gasteiger charge is -2.07. The van der Waals surface area contributed by atoms with Crippen LogP contribution in [0, 0.1) is 6.92 Å². The van der Waals surface area contributed by atoms with Crippen LogP contribution in [0.25, 0.3) is 0 Å². The van der Waals surface area contributed by atoms with E-state index in [9.17, 15) is 0 Å². The number of hydrogen-bond donors (Lipinski definition) is 1. The van der Waals surface area contributed by atoms with Crippen LogP contribution in [0.1, 0.15) is 38.2 Å². The molecule has 1 heterocycles. The third kappa shape index (κ3) is 3.77. The molecule has 0 unspecified atom stereocenters. The van der Waals surface area contributed by atoms with E-state index in [-0.39, 0.29) is 0 Å². The summed E-state index contributed by atoms with van der Waals surface area (Å²) in [6, 6.07) is 2.04. The summed E-state index contributed by atoms with van der Waals surface area (Å²) in [6.07, 6.45) is 8.94. The molecule has 1 N–H and O–H groups in total. The van der Waals surface area contributed by atoms with E-state index in [0.29, 0.717) is 0 Å². The van der Waals surface area contributed by atoms with E-state index in [1.54, 1.807) is 0 Å². The third-order valence-corrected chi connectivity index (χ3v) is 2.38. The smallest absolute Gasteiger partial charge is 0.0556 e. The number of anilines is 1. The van der Waals surface area contributed by atoms with Crippen LogP contribution in [-0.2, 0) is 0 Å². The van der Waals surface area contributed by atoms with Crippen molar-refractivity contribution in [2.75, 3.05) is 11.9 Å². The van der Waals surface area contributed by atoms with Gasteiger partial charge < -0.3 is 5.32 Å². The van der Waals surface area contributed by atoms with Crippen molar-refractivity contribution in [1.82, 2.24) is 4.98 Å². The molecular weight excluding hydrogens is 172 g/mol. The van der Waals surface area contributed by atoms with Crippen LogP contribution in [-0.4, -0.2) is 11.5 Å². The Labute approximate surface area is 86.8 Å². The SMILES string of the molecule is CCCCCCNc1cnccc1C. The molecule has 0 spiro atoms. The lowest BCUT2D eigenvalue weighted by molar-refractivity contribution is 0.685. The minimum Gasteiger partial charge on any atom is -0.384 e. The highest BCUT2D eigenvalue weighted by Gasteiger charge is 1.95. The van der Waals surface area contributed by atoms with E-state index >= 15 is 0 Å². The van der Waals surface area contributed by atoms with E-state index < -0.39 is 0 Å². The van der Waals surface area contributed by atoms with Gasteiger partial charge >= 0.3 is 0 Å². The second kappa shape index (κ2) is 6.41. The third-order valence-electron chi connectivity index (χ3n) is 2.38. The van der Waals surface area contributed by atoms with Gasteiger partial charge in [0.25, 0.3) is 0 Å². The van der Waals surface area contributed by atoms with Gasteiger partial charge in [0.2, 0.25) is 0 Å². The zero-order valence-corrected chi connectivity index (χ0v) is 9.21. The Morgan fingerprint density at radius 1 is 1.29 bits per heavy atom. The molecule has 0 saturated heterocycles. The monoisotopic (exact) mass is 192 g/mol. The molecule has 2 heteroatoms. The average molecular weight is 192 g/mol. The first kappa shape index (κ1) is 11.0. The Kier molecular flexibility index (Phi) is 5.05. The quantitative estimate of drug-likeness (QED) is 0.699. The first-order chi connectivity index (χ1) is 6.84. The van der Waals surface area contributed by atoms with Crippen molar-refractivity contribution in [2.45, 2.75) is 39.5 Å². The van der Waals surface area contributed by atoms with Crippen LogP contribution >= 0.6 is 0 Å². The van der Waals surface area contributed by atoms with Crippen LogP contribution in [0.3, 0.4) is 0 Å². The zero-order chi connectivity index (χ0) is 10.2. The van der Waals surface area contributed by atoms with Gasteiger partial charge in [0.1, 0.15) is 0 Å². The van der Waals surface area contributed by atoms with Crippen molar-refractivity contribution in [3.8, 4) is 0 Å². The molecule has 1 aromatic rings. The second-order valence-electron chi connectivity index (χ2n) is 3.68. The molecule has 1 aromatic heterocycles. The highest BCUT2D eigenvalue weighted by molar-refractivity contribution is 5.47. The van der Waals surface area contributed by atoms with Crippen molar-refractivity contribution in [2.24, 2.45) is 0 Å². The maximum atomic E-state index is 4.10. The predicted molar refractivity (Wildman–Crippen MR) is 61.6 cm³/mol. The number of aromatic nitrogens is 1. The lowest BCUT2D eigenvalue weighted by atomic mass is 10.2. The molecule has 2 nitrogen and oxygen atoms in total.